The zero-order valence-electron chi connectivity index (χ0n) is 11.9. The molecule has 0 saturated carbocycles. The average molecular weight is 299 g/mol. The molecule has 6 heteroatoms. The van der Waals surface area contributed by atoms with Gasteiger partial charge in [-0.1, -0.05) is 0 Å². The molecule has 3 rings (SSSR count). The highest BCUT2D eigenvalue weighted by molar-refractivity contribution is 5.95. The van der Waals surface area contributed by atoms with E-state index < -0.39 is 6.10 Å². The van der Waals surface area contributed by atoms with E-state index >= 15 is 0 Å². The lowest BCUT2D eigenvalue weighted by atomic mass is 10.2. The molecule has 2 heterocycles. The number of anilines is 1. The highest BCUT2D eigenvalue weighted by Crippen LogP contribution is 2.22. The van der Waals surface area contributed by atoms with E-state index in [1.54, 1.807) is 48.8 Å². The van der Waals surface area contributed by atoms with Gasteiger partial charge in [-0.3, -0.25) is 9.78 Å². The molecule has 0 radical (unpaired) electrons. The van der Waals surface area contributed by atoms with Crippen molar-refractivity contribution in [2.75, 3.05) is 11.9 Å². The standard InChI is InChI=1S/C16H17N3O3/c20-12-9-15(18-10-12)16(21)19-11-1-3-13(4-2-11)22-14-5-7-17-8-6-14/h1-8,12,15,18,20H,9-10H2,(H,19,21). The van der Waals surface area contributed by atoms with E-state index in [-0.39, 0.29) is 11.9 Å². The molecular weight excluding hydrogens is 282 g/mol. The van der Waals surface area contributed by atoms with Crippen LogP contribution in [0.1, 0.15) is 6.42 Å². The smallest absolute Gasteiger partial charge is 0.241 e. The van der Waals surface area contributed by atoms with E-state index in [1.807, 2.05) is 0 Å². The van der Waals surface area contributed by atoms with Gasteiger partial charge in [0, 0.05) is 24.6 Å². The van der Waals surface area contributed by atoms with E-state index in [0.717, 1.165) is 0 Å². The number of ether oxygens (including phenoxy) is 1. The van der Waals surface area contributed by atoms with Crippen molar-refractivity contribution in [1.82, 2.24) is 10.3 Å². The first kappa shape index (κ1) is 14.5. The van der Waals surface area contributed by atoms with Crippen molar-refractivity contribution in [2.24, 2.45) is 0 Å². The molecule has 1 aliphatic rings. The Balaban J connectivity index is 1.58. The summed E-state index contributed by atoms with van der Waals surface area (Å²) in [5.41, 5.74) is 0.690. The fourth-order valence-electron chi connectivity index (χ4n) is 2.29. The molecule has 22 heavy (non-hydrogen) atoms. The predicted molar refractivity (Wildman–Crippen MR) is 81.8 cm³/mol. The summed E-state index contributed by atoms with van der Waals surface area (Å²) >= 11 is 0. The molecule has 2 atom stereocenters. The number of hydrogen-bond donors (Lipinski definition) is 3. The summed E-state index contributed by atoms with van der Waals surface area (Å²) in [5.74, 6) is 1.24. The van der Waals surface area contributed by atoms with Gasteiger partial charge in [0.1, 0.15) is 11.5 Å². The minimum Gasteiger partial charge on any atom is -0.457 e. The molecule has 6 nitrogen and oxygen atoms in total. The number of β-amino-alcohol motifs (C(OH)–C–C–N with tert-alkyl or cyclic N) is 1. The van der Waals surface area contributed by atoms with Crippen LogP contribution in [0.15, 0.2) is 48.8 Å². The summed E-state index contributed by atoms with van der Waals surface area (Å²) in [5, 5.41) is 15.2. The Morgan fingerprint density at radius 2 is 1.86 bits per heavy atom. The topological polar surface area (TPSA) is 83.5 Å². The summed E-state index contributed by atoms with van der Waals surface area (Å²) in [7, 11) is 0. The number of carbonyl (C=O) groups is 1. The summed E-state index contributed by atoms with van der Waals surface area (Å²) < 4.78 is 5.65. The summed E-state index contributed by atoms with van der Waals surface area (Å²) in [6.07, 6.45) is 3.31. The van der Waals surface area contributed by atoms with Crippen LogP contribution < -0.4 is 15.4 Å². The van der Waals surface area contributed by atoms with Gasteiger partial charge in [0.15, 0.2) is 0 Å². The lowest BCUT2D eigenvalue weighted by molar-refractivity contribution is -0.117. The van der Waals surface area contributed by atoms with Gasteiger partial charge < -0.3 is 20.5 Å². The van der Waals surface area contributed by atoms with E-state index in [4.69, 9.17) is 4.74 Å². The third-order valence-electron chi connectivity index (χ3n) is 3.43. The zero-order valence-corrected chi connectivity index (χ0v) is 11.9. The lowest BCUT2D eigenvalue weighted by Crippen LogP contribution is -2.35. The monoisotopic (exact) mass is 299 g/mol. The van der Waals surface area contributed by atoms with Crippen LogP contribution in [-0.4, -0.2) is 34.7 Å². The van der Waals surface area contributed by atoms with Gasteiger partial charge >= 0.3 is 0 Å². The maximum absolute atomic E-state index is 12.0. The largest absolute Gasteiger partial charge is 0.457 e. The number of aliphatic hydroxyl groups is 1. The first-order valence-corrected chi connectivity index (χ1v) is 7.11. The van der Waals surface area contributed by atoms with Crippen molar-refractivity contribution >= 4 is 11.6 Å². The molecule has 1 aliphatic heterocycles. The van der Waals surface area contributed by atoms with E-state index in [0.29, 0.717) is 30.2 Å². The van der Waals surface area contributed by atoms with E-state index in [9.17, 15) is 9.90 Å². The minimum absolute atomic E-state index is 0.139. The highest BCUT2D eigenvalue weighted by atomic mass is 16.5. The van der Waals surface area contributed by atoms with Gasteiger partial charge in [0.25, 0.3) is 0 Å². The Labute approximate surface area is 128 Å². The highest BCUT2D eigenvalue weighted by Gasteiger charge is 2.27. The van der Waals surface area contributed by atoms with Crippen molar-refractivity contribution in [2.45, 2.75) is 18.6 Å². The van der Waals surface area contributed by atoms with Crippen LogP contribution in [0.3, 0.4) is 0 Å². The summed E-state index contributed by atoms with van der Waals surface area (Å²) in [4.78, 5) is 15.9. The number of nitrogens with zero attached hydrogens (tertiary/aromatic N) is 1. The molecule has 3 N–H and O–H groups in total. The van der Waals surface area contributed by atoms with Gasteiger partial charge in [0.05, 0.1) is 12.1 Å². The quantitative estimate of drug-likeness (QED) is 0.797. The summed E-state index contributed by atoms with van der Waals surface area (Å²) in [6.45, 7) is 0.455. The third-order valence-corrected chi connectivity index (χ3v) is 3.43. The Bertz CT molecular complexity index is 631. The van der Waals surface area contributed by atoms with E-state index in [2.05, 4.69) is 15.6 Å². The molecule has 1 aromatic carbocycles. The summed E-state index contributed by atoms with van der Waals surface area (Å²) in [6, 6.07) is 10.3. The maximum atomic E-state index is 12.0. The normalized spacial score (nSPS) is 20.6. The Kier molecular flexibility index (Phi) is 4.32. The first-order chi connectivity index (χ1) is 10.7. The molecule has 0 aliphatic carbocycles. The predicted octanol–water partition coefficient (Wildman–Crippen LogP) is 1.54. The average Bonchev–Trinajstić information content (AvgIpc) is 2.97. The van der Waals surface area contributed by atoms with Gasteiger partial charge in [-0.25, -0.2) is 0 Å². The van der Waals surface area contributed by atoms with Crippen molar-refractivity contribution in [1.29, 1.82) is 0 Å². The van der Waals surface area contributed by atoms with Gasteiger partial charge in [-0.05, 0) is 42.8 Å². The van der Waals surface area contributed by atoms with Crippen LogP contribution >= 0.6 is 0 Å². The molecular formula is C16H17N3O3. The number of benzene rings is 1. The lowest BCUT2D eigenvalue weighted by Gasteiger charge is -2.11. The fourth-order valence-corrected chi connectivity index (χ4v) is 2.29. The van der Waals surface area contributed by atoms with E-state index in [1.165, 1.54) is 0 Å². The van der Waals surface area contributed by atoms with Crippen LogP contribution in [-0.2, 0) is 4.79 Å². The van der Waals surface area contributed by atoms with Gasteiger partial charge in [-0.15, -0.1) is 0 Å². The third kappa shape index (κ3) is 3.60. The second-order valence-corrected chi connectivity index (χ2v) is 5.15. The number of amides is 1. The zero-order chi connectivity index (χ0) is 15.4. The molecule has 2 unspecified atom stereocenters. The molecule has 1 amide bonds. The number of nitrogens with one attached hydrogen (secondary N) is 2. The fraction of sp³-hybridized carbons (Fsp3) is 0.250. The SMILES string of the molecule is O=C(Nc1ccc(Oc2ccncc2)cc1)C1CC(O)CN1. The maximum Gasteiger partial charge on any atom is 0.241 e. The number of rotatable bonds is 4. The Morgan fingerprint density at radius 1 is 1.18 bits per heavy atom. The second-order valence-electron chi connectivity index (χ2n) is 5.15. The van der Waals surface area contributed by atoms with Crippen molar-refractivity contribution < 1.29 is 14.6 Å². The van der Waals surface area contributed by atoms with Gasteiger partial charge in [0.2, 0.25) is 5.91 Å². The van der Waals surface area contributed by atoms with Crippen LogP contribution in [0, 0.1) is 0 Å². The number of carbonyl (C=O) groups excluding carboxylic acids is 1. The van der Waals surface area contributed by atoms with Crippen molar-refractivity contribution in [3.63, 3.8) is 0 Å². The van der Waals surface area contributed by atoms with Crippen molar-refractivity contribution in [3.8, 4) is 11.5 Å². The molecule has 1 fully saturated rings. The van der Waals surface area contributed by atoms with Crippen molar-refractivity contribution in [3.05, 3.63) is 48.8 Å². The number of pyridine rings is 1. The minimum atomic E-state index is -0.452. The number of hydrogen-bond acceptors (Lipinski definition) is 5. The Morgan fingerprint density at radius 3 is 2.50 bits per heavy atom. The number of aliphatic hydroxyl groups excluding tert-OH is 1. The van der Waals surface area contributed by atoms with Crippen LogP contribution in [0.25, 0.3) is 0 Å². The molecule has 0 spiro atoms. The molecule has 0 bridgehead atoms. The second kappa shape index (κ2) is 6.55. The molecule has 114 valence electrons. The van der Waals surface area contributed by atoms with Crippen LogP contribution in [0.2, 0.25) is 0 Å². The van der Waals surface area contributed by atoms with Crippen LogP contribution in [0.5, 0.6) is 11.5 Å². The molecule has 2 aromatic rings. The first-order valence-electron chi connectivity index (χ1n) is 7.11. The van der Waals surface area contributed by atoms with Gasteiger partial charge in [-0.2, -0.15) is 0 Å². The molecule has 1 saturated heterocycles. The molecule has 1 aromatic heterocycles. The Hall–Kier alpha value is -2.44. The van der Waals surface area contributed by atoms with Crippen LogP contribution in [0.4, 0.5) is 5.69 Å². The number of aromatic nitrogens is 1.